The minimum atomic E-state index is -0.445. The fourth-order valence-corrected chi connectivity index (χ4v) is 4.81. The highest BCUT2D eigenvalue weighted by Crippen LogP contribution is 2.37. The molecule has 0 spiro atoms. The van der Waals surface area contributed by atoms with Crippen LogP contribution in [0.15, 0.2) is 101 Å². The Labute approximate surface area is 208 Å². The van der Waals surface area contributed by atoms with E-state index in [-0.39, 0.29) is 5.91 Å². The lowest BCUT2D eigenvalue weighted by Gasteiger charge is -2.28. The summed E-state index contributed by atoms with van der Waals surface area (Å²) in [5.74, 6) is 1.92. The number of allylic oxidation sites excluding steroid dienone is 1. The van der Waals surface area contributed by atoms with Crippen LogP contribution in [0.2, 0.25) is 0 Å². The summed E-state index contributed by atoms with van der Waals surface area (Å²) in [4.78, 5) is 18.2. The molecule has 1 aliphatic heterocycles. The lowest BCUT2D eigenvalue weighted by atomic mass is 9.95. The minimum absolute atomic E-state index is 0.193. The van der Waals surface area contributed by atoms with Gasteiger partial charge < -0.3 is 15.4 Å². The molecule has 0 aliphatic carbocycles. The van der Waals surface area contributed by atoms with E-state index in [0.29, 0.717) is 16.7 Å². The number of aromatic nitrogens is 3. The van der Waals surface area contributed by atoms with Crippen LogP contribution in [0.1, 0.15) is 24.1 Å². The lowest BCUT2D eigenvalue weighted by molar-refractivity contribution is -0.113. The van der Waals surface area contributed by atoms with Crippen molar-refractivity contribution in [3.05, 3.63) is 107 Å². The Morgan fingerprint density at radius 3 is 2.40 bits per heavy atom. The molecule has 0 saturated carbocycles. The Bertz CT molecular complexity index is 1350. The third kappa shape index (κ3) is 4.93. The number of carbonyl (C=O) groups excluding carboxylic acids is 1. The van der Waals surface area contributed by atoms with Gasteiger partial charge in [0.05, 0.1) is 12.7 Å². The van der Waals surface area contributed by atoms with Crippen molar-refractivity contribution in [2.75, 3.05) is 17.7 Å². The van der Waals surface area contributed by atoms with Gasteiger partial charge in [-0.25, -0.2) is 4.68 Å². The van der Waals surface area contributed by atoms with E-state index >= 15 is 0 Å². The van der Waals surface area contributed by atoms with Crippen molar-refractivity contribution in [3.63, 3.8) is 0 Å². The minimum Gasteiger partial charge on any atom is -0.497 e. The summed E-state index contributed by atoms with van der Waals surface area (Å²) in [5.41, 5.74) is 4.15. The molecule has 35 heavy (non-hydrogen) atoms. The van der Waals surface area contributed by atoms with Crippen LogP contribution in [0.25, 0.3) is 0 Å². The molecule has 8 heteroatoms. The molecule has 4 aromatic rings. The van der Waals surface area contributed by atoms with Crippen molar-refractivity contribution in [3.8, 4) is 5.75 Å². The standard InChI is InChI=1S/C27H25N5O2S/c1-18-23(25(33)29-21-11-7-4-8-12-21)24(20-13-15-22(34-2)16-14-20)32-26(28-18)30-27(31-32)35-17-19-9-5-3-6-10-19/h3-16,24H,17H2,1-2H3,(H,29,33)(H,28,30,31)/t24-/m1/s1. The number of carbonyl (C=O) groups is 1. The maximum absolute atomic E-state index is 13.5. The SMILES string of the molecule is COc1ccc([C@@H]2C(C(=O)Nc3ccccc3)=C(C)Nc3nc(SCc4ccccc4)nn32)cc1. The maximum atomic E-state index is 13.5. The normalized spacial score (nSPS) is 14.7. The van der Waals surface area contributed by atoms with Gasteiger partial charge in [-0.3, -0.25) is 4.79 Å². The second-order valence-corrected chi connectivity index (χ2v) is 9.04. The van der Waals surface area contributed by atoms with Crippen LogP contribution < -0.4 is 15.4 Å². The second kappa shape index (κ2) is 10.1. The smallest absolute Gasteiger partial charge is 0.255 e. The number of thioether (sulfide) groups is 1. The summed E-state index contributed by atoms with van der Waals surface area (Å²) >= 11 is 1.56. The van der Waals surface area contributed by atoms with Crippen molar-refractivity contribution in [1.82, 2.24) is 14.8 Å². The number of fused-ring (bicyclic) bond motifs is 1. The molecular weight excluding hydrogens is 458 g/mol. The number of rotatable bonds is 7. The molecule has 1 aliphatic rings. The quantitative estimate of drug-likeness (QED) is 0.338. The number of methoxy groups -OCH3 is 1. The molecule has 2 N–H and O–H groups in total. The molecule has 5 rings (SSSR count). The van der Waals surface area contributed by atoms with Gasteiger partial charge in [0.25, 0.3) is 5.91 Å². The first-order chi connectivity index (χ1) is 17.1. The third-order valence-electron chi connectivity index (χ3n) is 5.75. The van der Waals surface area contributed by atoms with Gasteiger partial charge in [0.2, 0.25) is 11.1 Å². The Hall–Kier alpha value is -4.04. The van der Waals surface area contributed by atoms with Crippen molar-refractivity contribution in [2.24, 2.45) is 0 Å². The molecule has 0 unspecified atom stereocenters. The number of nitrogens with one attached hydrogen (secondary N) is 2. The summed E-state index contributed by atoms with van der Waals surface area (Å²) in [6.45, 7) is 1.89. The number of hydrogen-bond acceptors (Lipinski definition) is 6. The van der Waals surface area contributed by atoms with E-state index in [4.69, 9.17) is 14.8 Å². The van der Waals surface area contributed by atoms with E-state index in [1.54, 1.807) is 23.6 Å². The van der Waals surface area contributed by atoms with Crippen LogP contribution in [0, 0.1) is 0 Å². The number of amides is 1. The van der Waals surface area contributed by atoms with Crippen LogP contribution in [0.4, 0.5) is 11.6 Å². The molecule has 1 atom stereocenters. The Balaban J connectivity index is 1.50. The zero-order valence-corrected chi connectivity index (χ0v) is 20.3. The number of nitrogens with zero attached hydrogens (tertiary/aromatic N) is 3. The highest BCUT2D eigenvalue weighted by molar-refractivity contribution is 7.98. The van der Waals surface area contributed by atoms with Crippen molar-refractivity contribution >= 4 is 29.3 Å². The highest BCUT2D eigenvalue weighted by atomic mass is 32.2. The first-order valence-electron chi connectivity index (χ1n) is 11.2. The Morgan fingerprint density at radius 1 is 1.03 bits per heavy atom. The topological polar surface area (TPSA) is 81.1 Å². The van der Waals surface area contributed by atoms with Gasteiger partial charge in [0.15, 0.2) is 0 Å². The van der Waals surface area contributed by atoms with Crippen molar-refractivity contribution in [2.45, 2.75) is 23.9 Å². The molecule has 7 nitrogen and oxygen atoms in total. The molecule has 0 saturated heterocycles. The van der Waals surface area contributed by atoms with E-state index in [9.17, 15) is 4.79 Å². The van der Waals surface area contributed by atoms with Gasteiger partial charge >= 0.3 is 0 Å². The lowest BCUT2D eigenvalue weighted by Crippen LogP contribution is -2.31. The predicted molar refractivity (Wildman–Crippen MR) is 139 cm³/mol. The molecule has 3 aromatic carbocycles. The van der Waals surface area contributed by atoms with Gasteiger partial charge in [-0.2, -0.15) is 4.98 Å². The number of benzene rings is 3. The number of ether oxygens (including phenoxy) is 1. The Kier molecular flexibility index (Phi) is 6.54. The highest BCUT2D eigenvalue weighted by Gasteiger charge is 2.34. The molecule has 1 amide bonds. The van der Waals surface area contributed by atoms with Crippen LogP contribution in [-0.4, -0.2) is 27.8 Å². The first-order valence-corrected chi connectivity index (χ1v) is 12.2. The fourth-order valence-electron chi connectivity index (χ4n) is 4.02. The molecular formula is C27H25N5O2S. The van der Waals surface area contributed by atoms with Crippen LogP contribution >= 0.6 is 11.8 Å². The van der Waals surface area contributed by atoms with Gasteiger partial charge in [-0.05, 0) is 42.3 Å². The molecule has 2 heterocycles. The maximum Gasteiger partial charge on any atom is 0.255 e. The molecule has 0 fully saturated rings. The average molecular weight is 484 g/mol. The van der Waals surface area contributed by atoms with Gasteiger partial charge in [-0.1, -0.05) is 72.4 Å². The first kappa shape index (κ1) is 22.7. The summed E-state index contributed by atoms with van der Waals surface area (Å²) < 4.78 is 7.13. The van der Waals surface area contributed by atoms with Crippen LogP contribution in [-0.2, 0) is 10.5 Å². The number of hydrogen-bond donors (Lipinski definition) is 2. The van der Waals surface area contributed by atoms with E-state index < -0.39 is 6.04 Å². The fraction of sp³-hybridized carbons (Fsp3) is 0.148. The summed E-state index contributed by atoms with van der Waals surface area (Å²) in [6, 6.07) is 26.9. The monoisotopic (exact) mass is 483 g/mol. The molecule has 0 bridgehead atoms. The molecule has 176 valence electrons. The van der Waals surface area contributed by atoms with Gasteiger partial charge in [0.1, 0.15) is 11.8 Å². The van der Waals surface area contributed by atoms with E-state index in [1.807, 2.05) is 79.7 Å². The summed E-state index contributed by atoms with van der Waals surface area (Å²) in [6.07, 6.45) is 0. The molecule has 1 aromatic heterocycles. The zero-order chi connectivity index (χ0) is 24.2. The second-order valence-electron chi connectivity index (χ2n) is 8.10. The van der Waals surface area contributed by atoms with Crippen molar-refractivity contribution < 1.29 is 9.53 Å². The third-order valence-corrected chi connectivity index (χ3v) is 6.66. The Morgan fingerprint density at radius 2 is 1.71 bits per heavy atom. The number of para-hydroxylation sites is 1. The predicted octanol–water partition coefficient (Wildman–Crippen LogP) is 5.51. The summed E-state index contributed by atoms with van der Waals surface area (Å²) in [5, 5.41) is 11.8. The summed E-state index contributed by atoms with van der Waals surface area (Å²) in [7, 11) is 1.63. The van der Waals surface area contributed by atoms with E-state index in [1.165, 1.54) is 5.56 Å². The largest absolute Gasteiger partial charge is 0.497 e. The average Bonchev–Trinajstić information content (AvgIpc) is 3.30. The van der Waals surface area contributed by atoms with E-state index in [2.05, 4.69) is 22.8 Å². The van der Waals surface area contributed by atoms with E-state index in [0.717, 1.165) is 28.5 Å². The van der Waals surface area contributed by atoms with Crippen LogP contribution in [0.5, 0.6) is 5.75 Å². The van der Waals surface area contributed by atoms with Crippen molar-refractivity contribution in [1.29, 1.82) is 0 Å². The van der Waals surface area contributed by atoms with Crippen LogP contribution in [0.3, 0.4) is 0 Å². The zero-order valence-electron chi connectivity index (χ0n) is 19.4. The number of anilines is 2. The van der Waals surface area contributed by atoms with Gasteiger partial charge in [-0.15, -0.1) is 5.10 Å². The van der Waals surface area contributed by atoms with Gasteiger partial charge in [0, 0.05) is 17.1 Å². The molecule has 0 radical (unpaired) electrons.